The standard InChI is InChI=1S/C38H54O8/c1-3-11-30-14-16-31(17-15-30)32-18-24-35(25-19-32)46-38(41)33-20-22-34(23-21-33)43-26-9-5-7-12-36(39)44-27-10-6-8-13-37(40)45-29-28-42-4-2/h18-25,30-31H,3-17,26-29H2,1-2H3/t30-,31-. The molecule has 0 aliphatic heterocycles. The summed E-state index contributed by atoms with van der Waals surface area (Å²) in [5.74, 6) is 1.94. The van der Waals surface area contributed by atoms with Gasteiger partial charge in [-0.25, -0.2) is 4.79 Å². The topological polar surface area (TPSA) is 97.4 Å². The Balaban J connectivity index is 1.20. The molecular weight excluding hydrogens is 584 g/mol. The number of esters is 3. The van der Waals surface area contributed by atoms with Gasteiger partial charge in [-0.15, -0.1) is 0 Å². The van der Waals surface area contributed by atoms with Gasteiger partial charge in [0.15, 0.2) is 0 Å². The van der Waals surface area contributed by atoms with Crippen LogP contribution in [0.4, 0.5) is 0 Å². The monoisotopic (exact) mass is 638 g/mol. The third-order valence-electron chi connectivity index (χ3n) is 8.47. The van der Waals surface area contributed by atoms with Crippen LogP contribution in [0, 0.1) is 5.92 Å². The van der Waals surface area contributed by atoms with Gasteiger partial charge in [-0.1, -0.05) is 31.9 Å². The first-order chi connectivity index (χ1) is 22.5. The summed E-state index contributed by atoms with van der Waals surface area (Å²) < 4.78 is 26.9. The van der Waals surface area contributed by atoms with E-state index >= 15 is 0 Å². The average Bonchev–Trinajstić information content (AvgIpc) is 3.07. The Kier molecular flexibility index (Phi) is 17.9. The maximum Gasteiger partial charge on any atom is 0.343 e. The van der Waals surface area contributed by atoms with E-state index in [4.69, 9.17) is 23.7 Å². The van der Waals surface area contributed by atoms with E-state index in [1.807, 2.05) is 19.1 Å². The quantitative estimate of drug-likeness (QED) is 0.0719. The molecule has 0 heterocycles. The zero-order valence-corrected chi connectivity index (χ0v) is 28.0. The van der Waals surface area contributed by atoms with Crippen molar-refractivity contribution in [3.63, 3.8) is 0 Å². The number of benzene rings is 2. The summed E-state index contributed by atoms with van der Waals surface area (Å²) in [6.45, 7) is 6.39. The second-order valence-corrected chi connectivity index (χ2v) is 12.1. The highest BCUT2D eigenvalue weighted by Gasteiger charge is 2.22. The Morgan fingerprint density at radius 3 is 1.89 bits per heavy atom. The first-order valence-corrected chi connectivity index (χ1v) is 17.4. The molecule has 1 aliphatic rings. The van der Waals surface area contributed by atoms with Crippen molar-refractivity contribution in [1.29, 1.82) is 0 Å². The molecule has 0 saturated heterocycles. The van der Waals surface area contributed by atoms with Gasteiger partial charge in [0.05, 0.1) is 25.4 Å². The van der Waals surface area contributed by atoms with Crippen molar-refractivity contribution >= 4 is 17.9 Å². The Hall–Kier alpha value is -3.39. The van der Waals surface area contributed by atoms with Crippen LogP contribution in [0.15, 0.2) is 48.5 Å². The lowest BCUT2D eigenvalue weighted by molar-refractivity contribution is -0.146. The second kappa shape index (κ2) is 22.2. The van der Waals surface area contributed by atoms with Crippen LogP contribution in [0.2, 0.25) is 0 Å². The van der Waals surface area contributed by atoms with Crippen molar-refractivity contribution in [3.8, 4) is 11.5 Å². The van der Waals surface area contributed by atoms with Gasteiger partial charge in [-0.3, -0.25) is 9.59 Å². The molecule has 2 aromatic rings. The minimum absolute atomic E-state index is 0.195. The fourth-order valence-corrected chi connectivity index (χ4v) is 5.83. The number of carbonyl (C=O) groups excluding carboxylic acids is 3. The van der Waals surface area contributed by atoms with E-state index in [2.05, 4.69) is 19.1 Å². The van der Waals surface area contributed by atoms with Crippen LogP contribution in [0.25, 0.3) is 0 Å². The predicted octanol–water partition coefficient (Wildman–Crippen LogP) is 8.60. The Labute approximate surface area is 275 Å². The summed E-state index contributed by atoms with van der Waals surface area (Å²) in [6.07, 6.45) is 13.1. The molecule has 1 saturated carbocycles. The third kappa shape index (κ3) is 14.8. The van der Waals surface area contributed by atoms with Crippen LogP contribution in [-0.2, 0) is 23.8 Å². The third-order valence-corrected chi connectivity index (χ3v) is 8.47. The van der Waals surface area contributed by atoms with Crippen LogP contribution in [0.5, 0.6) is 11.5 Å². The van der Waals surface area contributed by atoms with Gasteiger partial charge < -0.3 is 23.7 Å². The van der Waals surface area contributed by atoms with Gasteiger partial charge in [0.2, 0.25) is 0 Å². The predicted molar refractivity (Wildman–Crippen MR) is 178 cm³/mol. The summed E-state index contributed by atoms with van der Waals surface area (Å²) in [7, 11) is 0. The maximum absolute atomic E-state index is 12.7. The van der Waals surface area contributed by atoms with E-state index in [1.54, 1.807) is 24.3 Å². The molecule has 3 rings (SSSR count). The molecule has 0 amide bonds. The number of hydrogen-bond acceptors (Lipinski definition) is 8. The van der Waals surface area contributed by atoms with E-state index < -0.39 is 0 Å². The van der Waals surface area contributed by atoms with Gasteiger partial charge in [-0.2, -0.15) is 0 Å². The first-order valence-electron chi connectivity index (χ1n) is 17.4. The highest BCUT2D eigenvalue weighted by Crippen LogP contribution is 2.37. The molecule has 0 N–H and O–H groups in total. The second-order valence-electron chi connectivity index (χ2n) is 12.1. The van der Waals surface area contributed by atoms with Gasteiger partial charge in [0, 0.05) is 19.4 Å². The summed E-state index contributed by atoms with van der Waals surface area (Å²) >= 11 is 0. The highest BCUT2D eigenvalue weighted by atomic mass is 16.6. The molecule has 0 aromatic heterocycles. The van der Waals surface area contributed by atoms with Crippen molar-refractivity contribution in [2.45, 2.75) is 110 Å². The number of ether oxygens (including phenoxy) is 5. The molecular formula is C38H54O8. The van der Waals surface area contributed by atoms with Crippen molar-refractivity contribution in [1.82, 2.24) is 0 Å². The van der Waals surface area contributed by atoms with Crippen LogP contribution >= 0.6 is 0 Å². The molecule has 0 bridgehead atoms. The zero-order valence-electron chi connectivity index (χ0n) is 28.0. The molecule has 46 heavy (non-hydrogen) atoms. The van der Waals surface area contributed by atoms with Crippen molar-refractivity contribution in [2.24, 2.45) is 5.92 Å². The molecule has 0 spiro atoms. The van der Waals surface area contributed by atoms with Gasteiger partial charge >= 0.3 is 17.9 Å². The van der Waals surface area contributed by atoms with E-state index in [1.165, 1.54) is 44.1 Å². The molecule has 1 aliphatic carbocycles. The van der Waals surface area contributed by atoms with Gasteiger partial charge in [-0.05, 0) is 125 Å². The summed E-state index contributed by atoms with van der Waals surface area (Å²) in [4.78, 5) is 36.2. The lowest BCUT2D eigenvalue weighted by Gasteiger charge is -2.28. The Morgan fingerprint density at radius 2 is 1.26 bits per heavy atom. The number of rotatable bonds is 22. The summed E-state index contributed by atoms with van der Waals surface area (Å²) in [5, 5.41) is 0. The summed E-state index contributed by atoms with van der Waals surface area (Å²) in [6, 6.07) is 15.0. The van der Waals surface area contributed by atoms with Gasteiger partial charge in [0.25, 0.3) is 0 Å². The van der Waals surface area contributed by atoms with E-state index in [9.17, 15) is 14.4 Å². The molecule has 0 unspecified atom stereocenters. The zero-order chi connectivity index (χ0) is 32.8. The first kappa shape index (κ1) is 37.1. The average molecular weight is 639 g/mol. The molecule has 0 radical (unpaired) electrons. The lowest BCUT2D eigenvalue weighted by atomic mass is 9.77. The van der Waals surface area contributed by atoms with E-state index in [-0.39, 0.29) is 24.5 Å². The maximum atomic E-state index is 12.7. The fraction of sp³-hybridized carbons (Fsp3) is 0.605. The normalized spacial score (nSPS) is 16.0. The Bertz CT molecular complexity index is 1140. The smallest absolute Gasteiger partial charge is 0.343 e. The fourth-order valence-electron chi connectivity index (χ4n) is 5.83. The Morgan fingerprint density at radius 1 is 0.652 bits per heavy atom. The van der Waals surface area contributed by atoms with Crippen LogP contribution in [0.3, 0.4) is 0 Å². The molecule has 2 aromatic carbocycles. The van der Waals surface area contributed by atoms with Crippen LogP contribution in [-0.4, -0.2) is 50.9 Å². The minimum atomic E-state index is -0.389. The van der Waals surface area contributed by atoms with Crippen LogP contribution in [0.1, 0.15) is 126 Å². The number of hydrogen-bond donors (Lipinski definition) is 0. The lowest BCUT2D eigenvalue weighted by Crippen LogP contribution is -2.13. The van der Waals surface area contributed by atoms with E-state index in [0.717, 1.165) is 38.0 Å². The molecule has 1 fully saturated rings. The SMILES string of the molecule is CCC[C@H]1CC[C@H](c2ccc(OC(=O)c3ccc(OCCCCCC(=O)OCCCCCC(=O)OCCOCC)cc3)cc2)CC1. The number of unbranched alkanes of at least 4 members (excludes halogenated alkanes) is 4. The summed E-state index contributed by atoms with van der Waals surface area (Å²) in [5.41, 5.74) is 1.81. The largest absolute Gasteiger partial charge is 0.494 e. The van der Waals surface area contributed by atoms with Crippen molar-refractivity contribution in [2.75, 3.05) is 33.0 Å². The molecule has 254 valence electrons. The van der Waals surface area contributed by atoms with Crippen LogP contribution < -0.4 is 9.47 Å². The van der Waals surface area contributed by atoms with E-state index in [0.29, 0.717) is 68.7 Å². The minimum Gasteiger partial charge on any atom is -0.494 e. The molecule has 8 nitrogen and oxygen atoms in total. The number of carbonyl (C=O) groups is 3. The highest BCUT2D eigenvalue weighted by molar-refractivity contribution is 5.91. The molecule has 0 atom stereocenters. The van der Waals surface area contributed by atoms with Crippen molar-refractivity contribution < 1.29 is 38.1 Å². The van der Waals surface area contributed by atoms with Gasteiger partial charge in [0.1, 0.15) is 18.1 Å². The van der Waals surface area contributed by atoms with Crippen molar-refractivity contribution in [3.05, 3.63) is 59.7 Å². The molecule has 8 heteroatoms.